The number of aromatic nitrogens is 1. The van der Waals surface area contributed by atoms with Crippen molar-refractivity contribution in [1.82, 2.24) is 4.98 Å². The summed E-state index contributed by atoms with van der Waals surface area (Å²) >= 11 is 0. The number of hydrogen-bond donors (Lipinski definition) is 1. The van der Waals surface area contributed by atoms with Gasteiger partial charge in [0.05, 0.1) is 17.4 Å². The van der Waals surface area contributed by atoms with Crippen LogP contribution < -0.4 is 10.1 Å². The fourth-order valence-corrected chi connectivity index (χ4v) is 3.66. The average molecular weight is 447 g/mol. The largest absolute Gasteiger partial charge is 0.457 e. The maximum Gasteiger partial charge on any atom is 0.257 e. The number of nitrogens with one attached hydrogen (secondary N) is 1. The summed E-state index contributed by atoms with van der Waals surface area (Å²) in [5.41, 5.74) is 4.10. The third-order valence-electron chi connectivity index (χ3n) is 5.26. The number of anilines is 1. The zero-order valence-electron chi connectivity index (χ0n) is 20.1. The molecule has 1 N–H and O–H groups in total. The molecule has 0 fully saturated rings. The predicted molar refractivity (Wildman–Crippen MR) is 133 cm³/mol. The van der Waals surface area contributed by atoms with Gasteiger partial charge in [0.2, 0.25) is 0 Å². The number of carbonyl (C=O) groups excluding carboxylic acids is 1. The molecule has 0 saturated carbocycles. The first-order valence-corrected chi connectivity index (χ1v) is 11.7. The lowest BCUT2D eigenvalue weighted by Gasteiger charge is -2.14. The maximum atomic E-state index is 12.9. The van der Waals surface area contributed by atoms with Crippen LogP contribution in [-0.2, 0) is 17.6 Å². The van der Waals surface area contributed by atoms with Crippen molar-refractivity contribution < 1.29 is 14.3 Å². The number of pyridine rings is 1. The maximum absolute atomic E-state index is 12.9. The molecule has 5 heteroatoms. The van der Waals surface area contributed by atoms with Gasteiger partial charge in [0, 0.05) is 30.5 Å². The van der Waals surface area contributed by atoms with Crippen LogP contribution in [0.1, 0.15) is 60.9 Å². The Morgan fingerprint density at radius 3 is 2.48 bits per heavy atom. The fraction of sp³-hybridized carbons (Fsp3) is 0.357. The average Bonchev–Trinajstić information content (AvgIpc) is 2.78. The van der Waals surface area contributed by atoms with Crippen molar-refractivity contribution in [1.29, 1.82) is 0 Å². The number of benzene rings is 2. The Kier molecular flexibility index (Phi) is 9.02. The molecule has 3 aromatic rings. The van der Waals surface area contributed by atoms with E-state index in [-0.39, 0.29) is 12.0 Å². The van der Waals surface area contributed by atoms with Crippen LogP contribution in [0.2, 0.25) is 0 Å². The normalized spacial score (nSPS) is 11.8. The Morgan fingerprint density at radius 1 is 1.00 bits per heavy atom. The number of rotatable bonds is 11. The smallest absolute Gasteiger partial charge is 0.257 e. The molecular formula is C28H34N2O3. The highest BCUT2D eigenvalue weighted by molar-refractivity contribution is 6.05. The van der Waals surface area contributed by atoms with Crippen molar-refractivity contribution in [2.45, 2.75) is 59.5 Å². The van der Waals surface area contributed by atoms with Gasteiger partial charge in [-0.2, -0.15) is 0 Å². The van der Waals surface area contributed by atoms with Crippen molar-refractivity contribution in [2.75, 3.05) is 11.9 Å². The van der Waals surface area contributed by atoms with Crippen LogP contribution in [0.4, 0.5) is 5.69 Å². The lowest BCUT2D eigenvalue weighted by molar-refractivity contribution is 0.0663. The molecule has 3 rings (SSSR count). The number of hydrogen-bond acceptors (Lipinski definition) is 4. The van der Waals surface area contributed by atoms with Crippen molar-refractivity contribution in [3.63, 3.8) is 0 Å². The lowest BCUT2D eigenvalue weighted by Crippen LogP contribution is -2.16. The zero-order chi connectivity index (χ0) is 23.6. The summed E-state index contributed by atoms with van der Waals surface area (Å²) in [7, 11) is 0. The van der Waals surface area contributed by atoms with Crippen molar-refractivity contribution in [2.24, 2.45) is 0 Å². The molecule has 0 saturated heterocycles. The molecule has 33 heavy (non-hydrogen) atoms. The highest BCUT2D eigenvalue weighted by atomic mass is 16.5. The van der Waals surface area contributed by atoms with Crippen LogP contribution in [0.5, 0.6) is 11.5 Å². The molecule has 0 aliphatic heterocycles. The SMILES string of the molecule is CCCOC(C)Cc1ccc(C(=O)Nc2cccc(Oc3cccc(CCC)c3)c2)c(C)n1. The Morgan fingerprint density at radius 2 is 1.76 bits per heavy atom. The summed E-state index contributed by atoms with van der Waals surface area (Å²) in [6, 6.07) is 19.3. The monoisotopic (exact) mass is 446 g/mol. The third-order valence-corrected chi connectivity index (χ3v) is 5.26. The van der Waals surface area contributed by atoms with Crippen LogP contribution >= 0.6 is 0 Å². The quantitative estimate of drug-likeness (QED) is 0.354. The zero-order valence-corrected chi connectivity index (χ0v) is 20.1. The van der Waals surface area contributed by atoms with E-state index in [9.17, 15) is 4.79 Å². The molecule has 0 bridgehead atoms. The van der Waals surface area contributed by atoms with Gasteiger partial charge in [0.15, 0.2) is 0 Å². The number of ether oxygens (including phenoxy) is 2. The van der Waals surface area contributed by atoms with Gasteiger partial charge in [-0.05, 0) is 68.7 Å². The van der Waals surface area contributed by atoms with E-state index in [0.717, 1.165) is 43.7 Å². The van der Waals surface area contributed by atoms with Gasteiger partial charge in [-0.25, -0.2) is 0 Å². The third kappa shape index (κ3) is 7.43. The highest BCUT2D eigenvalue weighted by Crippen LogP contribution is 2.25. The Balaban J connectivity index is 1.65. The summed E-state index contributed by atoms with van der Waals surface area (Å²) in [6.45, 7) is 8.90. The summed E-state index contributed by atoms with van der Waals surface area (Å²) < 4.78 is 11.8. The summed E-state index contributed by atoms with van der Waals surface area (Å²) in [4.78, 5) is 17.5. The molecule has 1 atom stereocenters. The highest BCUT2D eigenvalue weighted by Gasteiger charge is 2.13. The minimum Gasteiger partial charge on any atom is -0.457 e. The van der Waals surface area contributed by atoms with Crippen LogP contribution in [-0.4, -0.2) is 23.6 Å². The van der Waals surface area contributed by atoms with Gasteiger partial charge < -0.3 is 14.8 Å². The first-order valence-electron chi connectivity index (χ1n) is 11.7. The Bertz CT molecular complexity index is 1060. The van der Waals surface area contributed by atoms with Gasteiger partial charge in [0.25, 0.3) is 5.91 Å². The first-order chi connectivity index (χ1) is 16.0. The lowest BCUT2D eigenvalue weighted by atomic mass is 10.1. The molecule has 174 valence electrons. The molecule has 1 unspecified atom stereocenters. The van der Waals surface area contributed by atoms with Crippen molar-refractivity contribution >= 4 is 11.6 Å². The van der Waals surface area contributed by atoms with Crippen LogP contribution in [0.3, 0.4) is 0 Å². The molecule has 1 heterocycles. The molecule has 2 aromatic carbocycles. The molecular weight excluding hydrogens is 412 g/mol. The number of aryl methyl sites for hydroxylation is 2. The summed E-state index contributed by atoms with van der Waals surface area (Å²) in [5, 5.41) is 2.96. The van der Waals surface area contributed by atoms with E-state index < -0.39 is 0 Å². The molecule has 1 aromatic heterocycles. The Labute approximate surface area is 197 Å². The topological polar surface area (TPSA) is 60.5 Å². The van der Waals surface area contributed by atoms with Crippen molar-refractivity contribution in [3.8, 4) is 11.5 Å². The van der Waals surface area contributed by atoms with Gasteiger partial charge in [0.1, 0.15) is 11.5 Å². The van der Waals surface area contributed by atoms with E-state index in [1.54, 1.807) is 0 Å². The van der Waals surface area contributed by atoms with Crippen LogP contribution in [0, 0.1) is 6.92 Å². The minimum absolute atomic E-state index is 0.0990. The Hall–Kier alpha value is -3.18. The van der Waals surface area contributed by atoms with E-state index in [2.05, 4.69) is 36.3 Å². The van der Waals surface area contributed by atoms with E-state index >= 15 is 0 Å². The van der Waals surface area contributed by atoms with E-state index in [1.165, 1.54) is 5.56 Å². The standard InChI is InChI=1S/C28H34N2O3/c1-5-9-22-10-7-12-25(18-22)33-26-13-8-11-23(19-26)30-28(31)27-15-14-24(29-21(27)4)17-20(3)32-16-6-2/h7-8,10-15,18-20H,5-6,9,16-17H2,1-4H3,(H,30,31). The molecule has 5 nitrogen and oxygen atoms in total. The first kappa shape index (κ1) is 24.5. The summed E-state index contributed by atoms with van der Waals surface area (Å²) in [5.74, 6) is 1.27. The molecule has 0 radical (unpaired) electrons. The second kappa shape index (κ2) is 12.2. The fourth-order valence-electron chi connectivity index (χ4n) is 3.66. The minimum atomic E-state index is -0.191. The second-order valence-electron chi connectivity index (χ2n) is 8.30. The second-order valence-corrected chi connectivity index (χ2v) is 8.30. The van der Waals surface area contributed by atoms with Crippen LogP contribution in [0.15, 0.2) is 60.7 Å². The number of amides is 1. The molecule has 0 aliphatic rings. The van der Waals surface area contributed by atoms with E-state index in [0.29, 0.717) is 22.7 Å². The van der Waals surface area contributed by atoms with Gasteiger partial charge in [-0.1, -0.05) is 38.5 Å². The molecule has 0 aliphatic carbocycles. The molecule has 0 spiro atoms. The van der Waals surface area contributed by atoms with E-state index in [1.807, 2.05) is 62.4 Å². The van der Waals surface area contributed by atoms with Gasteiger partial charge in [-0.15, -0.1) is 0 Å². The number of carbonyl (C=O) groups is 1. The van der Waals surface area contributed by atoms with Gasteiger partial charge >= 0.3 is 0 Å². The van der Waals surface area contributed by atoms with Crippen LogP contribution in [0.25, 0.3) is 0 Å². The number of nitrogens with zero attached hydrogens (tertiary/aromatic N) is 1. The summed E-state index contributed by atoms with van der Waals surface area (Å²) in [6.07, 6.45) is 3.92. The van der Waals surface area contributed by atoms with Gasteiger partial charge in [-0.3, -0.25) is 9.78 Å². The predicted octanol–water partition coefficient (Wildman–Crippen LogP) is 6.74. The molecule has 1 amide bonds. The van der Waals surface area contributed by atoms with Crippen molar-refractivity contribution in [3.05, 3.63) is 83.2 Å². The van der Waals surface area contributed by atoms with E-state index in [4.69, 9.17) is 9.47 Å².